The van der Waals surface area contributed by atoms with Gasteiger partial charge in [-0.2, -0.15) is 17.6 Å². The van der Waals surface area contributed by atoms with Crippen molar-refractivity contribution in [2.75, 3.05) is 41.5 Å². The average Bonchev–Trinajstić information content (AvgIpc) is 1.56. The summed E-state index contributed by atoms with van der Waals surface area (Å²) in [5.41, 5.74) is 13.1. The number of carbonyl (C=O) groups excluding carboxylic acids is 8. The number of carboxylic acid groups (broad SMARTS) is 1. The molecule has 10 aromatic rings. The lowest BCUT2D eigenvalue weighted by molar-refractivity contribution is -0.139. The number of nitrogens with zero attached hydrogens (tertiary/aromatic N) is 8. The zero-order chi connectivity index (χ0) is 101. The molecule has 29 nitrogen and oxygen atoms in total. The highest BCUT2D eigenvalue weighted by Crippen LogP contribution is 2.62. The number of hydrogen-bond acceptors (Lipinski definition) is 18. The summed E-state index contributed by atoms with van der Waals surface area (Å²) >= 11 is 0. The fourth-order valence-corrected chi connectivity index (χ4v) is 23.6. The average molecular weight is 1960 g/mol. The summed E-state index contributed by atoms with van der Waals surface area (Å²) in [6, 6.07) is 45.8. The number of halogens is 4. The van der Waals surface area contributed by atoms with Gasteiger partial charge in [0.2, 0.25) is 11.8 Å². The van der Waals surface area contributed by atoms with Gasteiger partial charge in [-0.1, -0.05) is 149 Å². The number of imidazole rings is 2. The molecule has 4 saturated heterocycles. The number of rotatable bonds is 20. The Morgan fingerprint density at radius 3 is 1.19 bits per heavy atom. The molecule has 4 bridgehead atoms. The van der Waals surface area contributed by atoms with Gasteiger partial charge in [0.25, 0.3) is 17.8 Å². The first kappa shape index (κ1) is 96.9. The van der Waals surface area contributed by atoms with Crippen molar-refractivity contribution in [1.82, 2.24) is 60.8 Å². The number of likely N-dealkylation sites (tertiary alicyclic amines) is 4. The number of aromatic nitrogens is 4. The van der Waals surface area contributed by atoms with Crippen LogP contribution in [0, 0.1) is 34.5 Å². The highest BCUT2D eigenvalue weighted by atomic mass is 19.3. The third kappa shape index (κ3) is 18.2. The molecule has 8 fully saturated rings. The van der Waals surface area contributed by atoms with Crippen LogP contribution < -0.4 is 21.3 Å². The quantitative estimate of drug-likeness (QED) is 0.0275. The maximum Gasteiger partial charge on any atom is 0.411 e. The lowest BCUT2D eigenvalue weighted by Gasteiger charge is -2.37. The van der Waals surface area contributed by atoms with Crippen LogP contribution in [0.15, 0.2) is 192 Å². The number of aromatic amines is 2. The largest absolute Gasteiger partial charge is 0.479 e. The predicted molar refractivity (Wildman–Crippen MR) is 529 cm³/mol. The molecule has 0 radical (unpaired) electrons. The summed E-state index contributed by atoms with van der Waals surface area (Å²) in [5, 5.41) is 19.3. The van der Waals surface area contributed by atoms with E-state index >= 15 is 17.6 Å². The van der Waals surface area contributed by atoms with Gasteiger partial charge in [0, 0.05) is 82.8 Å². The second-order valence-electron chi connectivity index (χ2n) is 42.2. The van der Waals surface area contributed by atoms with Gasteiger partial charge in [0.1, 0.15) is 35.4 Å². The monoisotopic (exact) mass is 1960 g/mol. The molecule has 8 heterocycles. The third-order valence-corrected chi connectivity index (χ3v) is 31.2. The van der Waals surface area contributed by atoms with Crippen LogP contribution in [0.2, 0.25) is 0 Å². The first-order chi connectivity index (χ1) is 68.9. The van der Waals surface area contributed by atoms with Gasteiger partial charge in [-0.25, -0.2) is 38.7 Å². The lowest BCUT2D eigenvalue weighted by Crippen LogP contribution is -2.53. The molecule has 12 aliphatic rings. The minimum atomic E-state index is -3.28. The smallest absolute Gasteiger partial charge is 0.411 e. The Hall–Kier alpha value is -14.5. The Bertz CT molecular complexity index is 6870. The molecular formula is C111H116F4N14O15. The third-order valence-electron chi connectivity index (χ3n) is 31.2. The van der Waals surface area contributed by atoms with E-state index < -0.39 is 72.0 Å². The van der Waals surface area contributed by atoms with Crippen LogP contribution >= 0.6 is 0 Å². The molecule has 22 rings (SSSR count). The molecule has 4 saturated carbocycles. The number of nitrogens with one attached hydrogen (secondary N) is 6. The first-order valence-electron chi connectivity index (χ1n) is 49.4. The number of alkyl carbamates (subject to hydrolysis) is 4. The molecule has 6 aliphatic heterocycles. The zero-order valence-electron chi connectivity index (χ0n) is 82.0. The fourth-order valence-electron chi connectivity index (χ4n) is 23.6. The highest BCUT2D eigenvalue weighted by molar-refractivity contribution is 6.03. The molecule has 7 N–H and O–H groups in total. The number of amides is 8. The van der Waals surface area contributed by atoms with E-state index in [1.807, 2.05) is 148 Å². The van der Waals surface area contributed by atoms with E-state index in [1.54, 1.807) is 90.1 Å². The Labute approximate surface area is 830 Å². The van der Waals surface area contributed by atoms with E-state index in [0.29, 0.717) is 111 Å². The number of carboxylic acids is 1. The van der Waals surface area contributed by atoms with Gasteiger partial charge in [-0.15, -0.1) is 0 Å². The predicted octanol–water partition coefficient (Wildman–Crippen LogP) is 20.3. The molecular weight excluding hydrogens is 1850 g/mol. The van der Waals surface area contributed by atoms with Crippen LogP contribution in [0.5, 0.6) is 0 Å². The van der Waals surface area contributed by atoms with Crippen LogP contribution in [0.4, 0.5) is 52.9 Å². The van der Waals surface area contributed by atoms with Crippen LogP contribution in [0.25, 0.3) is 67.0 Å². The van der Waals surface area contributed by atoms with Gasteiger partial charge < -0.3 is 74.7 Å². The number of aliphatic imine (C=N–C) groups is 2. The minimum absolute atomic E-state index is 0.00949. The number of aliphatic carboxylic acids is 1. The van der Waals surface area contributed by atoms with Crippen molar-refractivity contribution < 1.29 is 89.5 Å². The Morgan fingerprint density at radius 1 is 0.444 bits per heavy atom. The van der Waals surface area contributed by atoms with E-state index in [0.717, 1.165) is 122 Å². The fraction of sp³-hybridized carbons (Fsp3) is 0.414. The number of benzene rings is 8. The number of methoxy groups -OCH3 is 4. The van der Waals surface area contributed by atoms with Crippen molar-refractivity contribution in [3.63, 3.8) is 0 Å². The number of hydrogen-bond donors (Lipinski definition) is 7. The molecule has 33 heteroatoms. The summed E-state index contributed by atoms with van der Waals surface area (Å²) in [4.78, 5) is 148. The van der Waals surface area contributed by atoms with Crippen LogP contribution in [0.1, 0.15) is 206 Å². The van der Waals surface area contributed by atoms with Crippen molar-refractivity contribution in [2.24, 2.45) is 44.5 Å². The van der Waals surface area contributed by atoms with Crippen LogP contribution in [-0.4, -0.2) is 194 Å². The molecule has 748 valence electrons. The van der Waals surface area contributed by atoms with Gasteiger partial charge in [0.15, 0.2) is 6.04 Å². The summed E-state index contributed by atoms with van der Waals surface area (Å²) in [5.74, 6) is -6.83. The Morgan fingerprint density at radius 2 is 0.806 bits per heavy atom. The number of alkyl halides is 4. The maximum atomic E-state index is 16.7. The van der Waals surface area contributed by atoms with E-state index in [4.69, 9.17) is 44.0 Å². The number of piperidine rings is 2. The first-order valence-corrected chi connectivity index (χ1v) is 49.4. The van der Waals surface area contributed by atoms with Gasteiger partial charge in [-0.05, 0) is 248 Å². The normalized spacial score (nSPS) is 22.2. The van der Waals surface area contributed by atoms with Crippen LogP contribution in [-0.2, 0) is 67.5 Å². The molecule has 2 aromatic heterocycles. The second-order valence-corrected chi connectivity index (χ2v) is 42.2. The molecule has 0 unspecified atom stereocenters. The SMILES string of the molecule is COC(=O)N[C@@H](C(=O)O)c1ccccc1.COC(=O)N[C@H](C(=O)N1CC2(CC2)C[C@H]1c1ncc(-c2ccc3c(c2)C(F)(F)c2cc(-c4ccc5c(c4)CC([C@@H]4[C@H]6CC[C@H](C6)N4C(=O)OC(C)(C)C)=N5)ccc2-3)[nH]1)C(C)C.COC(=O)N[C@H](C(=O)N1CC2(CC2)C[C@H]1c1ncc(-c2ccc3c(c2)C(F)(F)c2cc(-c4ccc5c(c4)CC([C@@H]4[C@H]6CC[C@H](C6)N4C(=O)[C@H](NC(=O)OC)c4ccccc4)=N5)ccc2-3)[nH]1)C(C)C. The van der Waals surface area contributed by atoms with Crippen molar-refractivity contribution in [2.45, 2.75) is 216 Å². The Balaban J connectivity index is 0.000000154. The van der Waals surface area contributed by atoms with Crippen LogP contribution in [0.3, 0.4) is 0 Å². The van der Waals surface area contributed by atoms with E-state index in [9.17, 15) is 43.2 Å². The molecule has 8 aromatic carbocycles. The van der Waals surface area contributed by atoms with Gasteiger partial charge >= 0.3 is 36.4 Å². The molecule has 8 amide bonds. The Kier molecular flexibility index (Phi) is 25.3. The molecule has 6 aliphatic carbocycles. The molecule has 12 atom stereocenters. The second kappa shape index (κ2) is 37.6. The number of fused-ring (bicyclic) bond motifs is 12. The van der Waals surface area contributed by atoms with Crippen molar-refractivity contribution in [1.29, 1.82) is 0 Å². The number of carbonyl (C=O) groups is 9. The van der Waals surface area contributed by atoms with Gasteiger partial charge in [0.05, 0.1) is 87.8 Å². The van der Waals surface area contributed by atoms with Crippen molar-refractivity contribution in [3.05, 3.63) is 238 Å². The van der Waals surface area contributed by atoms with Crippen molar-refractivity contribution >= 4 is 77.0 Å². The topological polar surface area (TPSA) is 363 Å². The standard InChI is InChI=1S/C53H53F2N7O6.C48H52F2N6O5.C10H11NO4/c1-28(2)44(59-50(65)67-3)48(63)61-27-52(18-19-52)25-43(61)47-56-26-42(58-47)32-12-16-37-36-15-11-31(22-38(36)53(54,55)39(37)23-32)30-13-17-40-34(20-30)24-41(57-40)46-33-10-14-35(21-33)62(46)49(64)45(60-51(66)68-4)29-8-6-5-7-9-29;1-25(2)40(54-44(58)60-6)43(57)55-24-47(15-16-47)22-39(55)42-51-23-38(53-42)28-9-13-33-32-12-8-27(19-34(32)48(49,50)35(33)20-28)26-10-14-36-30(17-26)21-37(52-36)41-29-7-11-31(18-29)56(41)45(59)61-46(3,4)5;1-15-10(14)11-8(9(12)13)7-5-3-2-4-6-7/h5-9,11-13,15-17,20,22-23,26,28,33,35,43-46H,10,14,18-19,21,24-25,27H2,1-4H3,(H,56,58)(H,59,65)(H,60,66);8-10,12-14,17,19-20,23,25,29,31,39-41H,7,11,15-16,18,21-22,24H2,1-6H3,(H,51,53)(H,54,58);2-6,8H,1H3,(H,11,14)(H,12,13)/t33-,35+,43-,44-,45+,46-;29-,31+,39-,40-,41-;8-/m001/s1. The molecule has 2 spiro atoms. The molecule has 144 heavy (non-hydrogen) atoms. The van der Waals surface area contributed by atoms with E-state index in [-0.39, 0.29) is 111 Å². The van der Waals surface area contributed by atoms with Gasteiger partial charge in [-0.3, -0.25) is 29.3 Å². The van der Waals surface area contributed by atoms with Crippen molar-refractivity contribution in [3.8, 4) is 67.0 Å². The summed E-state index contributed by atoms with van der Waals surface area (Å²) in [6.07, 6.45) is 12.6. The lowest BCUT2D eigenvalue weighted by atomic mass is 9.90. The summed E-state index contributed by atoms with van der Waals surface area (Å²) in [7, 11) is 5.00. The number of ether oxygens (including phenoxy) is 5. The summed E-state index contributed by atoms with van der Waals surface area (Å²) in [6.45, 7) is 14.3. The van der Waals surface area contributed by atoms with E-state index in [1.165, 1.54) is 34.5 Å². The van der Waals surface area contributed by atoms with E-state index in [2.05, 4.69) is 42.0 Å². The highest BCUT2D eigenvalue weighted by Gasteiger charge is 2.59. The maximum absolute atomic E-state index is 16.7. The minimum Gasteiger partial charge on any atom is -0.479 e. The zero-order valence-corrected chi connectivity index (χ0v) is 82.0. The number of H-pyrrole nitrogens is 2. The summed E-state index contributed by atoms with van der Waals surface area (Å²) < 4.78 is 91.4.